The van der Waals surface area contributed by atoms with Crippen LogP contribution in [0.3, 0.4) is 0 Å². The number of carbonyl (C=O) groups is 1. The molecule has 1 amide bonds. The number of hydrogen-bond acceptors (Lipinski definition) is 4. The number of nitrogens with one attached hydrogen (secondary N) is 1. The third-order valence-corrected chi connectivity index (χ3v) is 3.03. The molecular weight excluding hydrogens is 311 g/mol. The zero-order valence-electron chi connectivity index (χ0n) is 11.6. The van der Waals surface area contributed by atoms with Crippen molar-refractivity contribution in [2.75, 3.05) is 6.54 Å². The number of oxazole rings is 1. The highest BCUT2D eigenvalue weighted by atomic mass is 19.4. The Labute approximate surface area is 128 Å². The van der Waals surface area contributed by atoms with Crippen LogP contribution in [0.4, 0.5) is 13.2 Å². The molecule has 0 aliphatic rings. The van der Waals surface area contributed by atoms with Crippen LogP contribution in [0, 0.1) is 0 Å². The molecule has 1 aromatic carbocycles. The number of carbonyl (C=O) groups excluding carboxylic acids is 1. The number of rotatable bonds is 3. The summed E-state index contributed by atoms with van der Waals surface area (Å²) < 4.78 is 41.9. The minimum atomic E-state index is -4.46. The number of benzene rings is 1. The molecule has 118 valence electrons. The molecule has 0 spiro atoms. The topological polar surface area (TPSA) is 68.0 Å². The monoisotopic (exact) mass is 321 g/mol. The van der Waals surface area contributed by atoms with Crippen LogP contribution in [-0.4, -0.2) is 28.6 Å². The zero-order valence-corrected chi connectivity index (χ0v) is 11.6. The van der Waals surface area contributed by atoms with Crippen molar-refractivity contribution in [3.63, 3.8) is 0 Å². The summed E-state index contributed by atoms with van der Waals surface area (Å²) >= 11 is 0. The van der Waals surface area contributed by atoms with Gasteiger partial charge in [0.1, 0.15) is 12.1 Å². The quantitative estimate of drug-likeness (QED) is 0.804. The molecule has 0 radical (unpaired) electrons. The lowest BCUT2D eigenvalue weighted by atomic mass is 10.2. The predicted octanol–water partition coefficient (Wildman–Crippen LogP) is 3.18. The van der Waals surface area contributed by atoms with E-state index < -0.39 is 18.6 Å². The summed E-state index contributed by atoms with van der Waals surface area (Å²) in [5.74, 6) is -0.485. The summed E-state index contributed by atoms with van der Waals surface area (Å²) in [4.78, 5) is 19.9. The van der Waals surface area contributed by atoms with Gasteiger partial charge >= 0.3 is 6.18 Å². The summed E-state index contributed by atoms with van der Waals surface area (Å²) in [5.41, 5.74) is 1.60. The number of amides is 1. The number of alkyl halides is 3. The van der Waals surface area contributed by atoms with Crippen LogP contribution in [0.25, 0.3) is 22.6 Å². The molecule has 2 aromatic heterocycles. The van der Waals surface area contributed by atoms with Crippen molar-refractivity contribution in [1.82, 2.24) is 15.3 Å². The molecule has 3 rings (SSSR count). The minimum Gasteiger partial charge on any atom is -0.436 e. The highest BCUT2D eigenvalue weighted by molar-refractivity contribution is 5.97. The maximum atomic E-state index is 12.1. The first kappa shape index (κ1) is 15.0. The normalized spacial score (nSPS) is 11.6. The van der Waals surface area contributed by atoms with E-state index in [0.717, 1.165) is 0 Å². The summed E-state index contributed by atoms with van der Waals surface area (Å²) in [5, 5.41) is 1.81. The van der Waals surface area contributed by atoms with E-state index in [-0.39, 0.29) is 5.56 Å². The fraction of sp³-hybridized carbons (Fsp3) is 0.133. The van der Waals surface area contributed by atoms with Gasteiger partial charge in [0.05, 0.1) is 0 Å². The van der Waals surface area contributed by atoms with E-state index in [2.05, 4.69) is 9.97 Å². The van der Waals surface area contributed by atoms with Gasteiger partial charge in [0, 0.05) is 23.5 Å². The average Bonchev–Trinajstić information content (AvgIpc) is 2.96. The first-order valence-corrected chi connectivity index (χ1v) is 6.58. The van der Waals surface area contributed by atoms with Crippen molar-refractivity contribution >= 4 is 17.0 Å². The SMILES string of the molecule is O=C(NCC(F)(F)F)c1ccc2nc(-c3ccncc3)oc2c1. The van der Waals surface area contributed by atoms with Crippen molar-refractivity contribution in [1.29, 1.82) is 0 Å². The van der Waals surface area contributed by atoms with E-state index in [0.29, 0.717) is 22.6 Å². The first-order chi connectivity index (χ1) is 10.9. The third-order valence-electron chi connectivity index (χ3n) is 3.03. The molecule has 0 aliphatic heterocycles. The second kappa shape index (κ2) is 5.71. The van der Waals surface area contributed by atoms with Crippen molar-refractivity contribution < 1.29 is 22.4 Å². The zero-order chi connectivity index (χ0) is 16.4. The van der Waals surface area contributed by atoms with E-state index in [1.165, 1.54) is 18.2 Å². The van der Waals surface area contributed by atoms with Crippen LogP contribution in [0.1, 0.15) is 10.4 Å². The number of fused-ring (bicyclic) bond motifs is 1. The van der Waals surface area contributed by atoms with Gasteiger partial charge < -0.3 is 9.73 Å². The summed E-state index contributed by atoms with van der Waals surface area (Å²) in [6.45, 7) is -1.39. The Morgan fingerprint density at radius 3 is 2.61 bits per heavy atom. The van der Waals surface area contributed by atoms with Crippen LogP contribution >= 0.6 is 0 Å². The average molecular weight is 321 g/mol. The molecule has 0 bridgehead atoms. The Bertz CT molecular complexity index is 844. The number of hydrogen-bond donors (Lipinski definition) is 1. The molecule has 1 N–H and O–H groups in total. The van der Waals surface area contributed by atoms with Gasteiger partial charge in [-0.1, -0.05) is 0 Å². The highest BCUT2D eigenvalue weighted by Crippen LogP contribution is 2.24. The minimum absolute atomic E-state index is 0.0687. The number of aromatic nitrogens is 2. The van der Waals surface area contributed by atoms with Gasteiger partial charge in [0.25, 0.3) is 5.91 Å². The van der Waals surface area contributed by atoms with Gasteiger partial charge in [0.2, 0.25) is 5.89 Å². The van der Waals surface area contributed by atoms with Crippen molar-refractivity contribution in [2.45, 2.75) is 6.18 Å². The lowest BCUT2D eigenvalue weighted by molar-refractivity contribution is -0.123. The highest BCUT2D eigenvalue weighted by Gasteiger charge is 2.28. The number of halogens is 3. The summed E-state index contributed by atoms with van der Waals surface area (Å²) in [6.07, 6.45) is -1.29. The summed E-state index contributed by atoms with van der Waals surface area (Å²) in [7, 11) is 0. The Hall–Kier alpha value is -2.90. The van der Waals surface area contributed by atoms with Gasteiger partial charge in [-0.2, -0.15) is 13.2 Å². The van der Waals surface area contributed by atoms with Crippen LogP contribution in [-0.2, 0) is 0 Å². The standard InChI is InChI=1S/C15H10F3N3O2/c16-15(17,18)8-20-13(22)10-1-2-11-12(7-10)23-14(21-11)9-3-5-19-6-4-9/h1-7H,8H2,(H,20,22). The number of nitrogens with zero attached hydrogens (tertiary/aromatic N) is 2. The maximum absolute atomic E-state index is 12.1. The van der Waals surface area contributed by atoms with Crippen LogP contribution in [0.15, 0.2) is 47.1 Å². The molecule has 3 aromatic rings. The van der Waals surface area contributed by atoms with Gasteiger partial charge in [-0.15, -0.1) is 0 Å². The van der Waals surface area contributed by atoms with E-state index in [1.807, 2.05) is 5.32 Å². The molecule has 8 heteroatoms. The van der Waals surface area contributed by atoms with Gasteiger partial charge in [-0.3, -0.25) is 9.78 Å². The lowest BCUT2D eigenvalue weighted by Crippen LogP contribution is -2.33. The van der Waals surface area contributed by atoms with Crippen molar-refractivity contribution in [3.8, 4) is 11.5 Å². The van der Waals surface area contributed by atoms with Crippen molar-refractivity contribution in [3.05, 3.63) is 48.3 Å². The largest absolute Gasteiger partial charge is 0.436 e. The Kier molecular flexibility index (Phi) is 3.73. The maximum Gasteiger partial charge on any atom is 0.405 e. The molecule has 0 unspecified atom stereocenters. The van der Waals surface area contributed by atoms with E-state index in [9.17, 15) is 18.0 Å². The van der Waals surface area contributed by atoms with Crippen LogP contribution < -0.4 is 5.32 Å². The third kappa shape index (κ3) is 3.47. The van der Waals surface area contributed by atoms with E-state index in [4.69, 9.17) is 4.42 Å². The molecule has 2 heterocycles. The molecule has 0 aliphatic carbocycles. The first-order valence-electron chi connectivity index (χ1n) is 6.58. The Morgan fingerprint density at radius 2 is 1.91 bits per heavy atom. The van der Waals surface area contributed by atoms with Gasteiger partial charge in [0.15, 0.2) is 5.58 Å². The lowest BCUT2D eigenvalue weighted by Gasteiger charge is -2.07. The molecule has 0 saturated heterocycles. The Morgan fingerprint density at radius 1 is 1.17 bits per heavy atom. The fourth-order valence-corrected chi connectivity index (χ4v) is 1.97. The molecular formula is C15H10F3N3O2. The van der Waals surface area contributed by atoms with E-state index in [1.54, 1.807) is 24.5 Å². The van der Waals surface area contributed by atoms with Crippen molar-refractivity contribution in [2.24, 2.45) is 0 Å². The van der Waals surface area contributed by atoms with Gasteiger partial charge in [-0.05, 0) is 30.3 Å². The molecule has 0 saturated carbocycles. The predicted molar refractivity (Wildman–Crippen MR) is 75.6 cm³/mol. The molecule has 0 atom stereocenters. The molecule has 23 heavy (non-hydrogen) atoms. The smallest absolute Gasteiger partial charge is 0.405 e. The van der Waals surface area contributed by atoms with Crippen LogP contribution in [0.2, 0.25) is 0 Å². The second-order valence-electron chi connectivity index (χ2n) is 4.74. The molecule has 0 fully saturated rings. The number of pyridine rings is 1. The fourth-order valence-electron chi connectivity index (χ4n) is 1.97. The van der Waals surface area contributed by atoms with E-state index >= 15 is 0 Å². The molecule has 5 nitrogen and oxygen atoms in total. The second-order valence-corrected chi connectivity index (χ2v) is 4.74. The van der Waals surface area contributed by atoms with Crippen LogP contribution in [0.5, 0.6) is 0 Å². The summed E-state index contributed by atoms with van der Waals surface area (Å²) in [6, 6.07) is 7.70. The Balaban J connectivity index is 1.86. The van der Waals surface area contributed by atoms with Gasteiger partial charge in [-0.25, -0.2) is 4.98 Å².